The van der Waals surface area contributed by atoms with Crippen molar-refractivity contribution < 1.29 is 23.9 Å². The van der Waals surface area contributed by atoms with Crippen molar-refractivity contribution in [2.75, 3.05) is 13.2 Å². The van der Waals surface area contributed by atoms with E-state index >= 15 is 0 Å². The number of urea groups is 1. The molecule has 2 aromatic rings. The number of nitrogens with zero attached hydrogens (tertiary/aromatic N) is 1. The highest BCUT2D eigenvalue weighted by Crippen LogP contribution is 2.18. The van der Waals surface area contributed by atoms with Crippen molar-refractivity contribution in [3.63, 3.8) is 0 Å². The highest BCUT2D eigenvalue weighted by molar-refractivity contribution is 5.95. The molecule has 1 aromatic heterocycles. The first-order valence-corrected chi connectivity index (χ1v) is 9.72. The van der Waals surface area contributed by atoms with E-state index in [1.807, 2.05) is 38.1 Å². The largest absolute Gasteiger partial charge is 0.463 e. The van der Waals surface area contributed by atoms with E-state index in [2.05, 4.69) is 15.2 Å². The molecule has 8 nitrogen and oxygen atoms in total. The van der Waals surface area contributed by atoms with Crippen LogP contribution < -0.4 is 10.6 Å². The second-order valence-electron chi connectivity index (χ2n) is 7.01. The van der Waals surface area contributed by atoms with Gasteiger partial charge in [-0.1, -0.05) is 0 Å². The topological polar surface area (TPSA) is 98.7 Å². The van der Waals surface area contributed by atoms with Crippen molar-refractivity contribution in [1.82, 2.24) is 15.2 Å². The maximum absolute atomic E-state index is 12.5. The zero-order valence-electron chi connectivity index (χ0n) is 17.4. The van der Waals surface area contributed by atoms with Gasteiger partial charge < -0.3 is 24.7 Å². The molecular weight excluding hydrogens is 386 g/mol. The Kier molecular flexibility index (Phi) is 6.25. The van der Waals surface area contributed by atoms with Crippen molar-refractivity contribution >= 4 is 18.0 Å². The van der Waals surface area contributed by atoms with Crippen LogP contribution in [0.4, 0.5) is 4.79 Å². The maximum Gasteiger partial charge on any atom is 0.338 e. The van der Waals surface area contributed by atoms with Crippen molar-refractivity contribution in [3.05, 3.63) is 64.6 Å². The second kappa shape index (κ2) is 8.86. The fourth-order valence-corrected chi connectivity index (χ4v) is 3.44. The molecule has 1 unspecified atom stereocenters. The number of hydrogen-bond acceptors (Lipinski definition) is 5. The minimum Gasteiger partial charge on any atom is -0.463 e. The van der Waals surface area contributed by atoms with Crippen LogP contribution in [0.25, 0.3) is 5.69 Å². The number of rotatable bonds is 6. The second-order valence-corrected chi connectivity index (χ2v) is 7.01. The lowest BCUT2D eigenvalue weighted by atomic mass is 10.0. The number of aromatic nitrogens is 1. The third-order valence-corrected chi connectivity index (χ3v) is 4.85. The summed E-state index contributed by atoms with van der Waals surface area (Å²) in [4.78, 5) is 36.5. The van der Waals surface area contributed by atoms with Crippen molar-refractivity contribution in [3.8, 4) is 5.69 Å². The number of carbonyl (C=O) groups excluding carboxylic acids is 3. The van der Waals surface area contributed by atoms with Gasteiger partial charge in [0.05, 0.1) is 29.5 Å². The summed E-state index contributed by atoms with van der Waals surface area (Å²) in [5.41, 5.74) is 3.95. The van der Waals surface area contributed by atoms with Crippen LogP contribution in [0.2, 0.25) is 0 Å². The van der Waals surface area contributed by atoms with E-state index in [0.717, 1.165) is 17.1 Å². The monoisotopic (exact) mass is 411 g/mol. The Balaban J connectivity index is 1.74. The van der Waals surface area contributed by atoms with Gasteiger partial charge in [-0.3, -0.25) is 0 Å². The van der Waals surface area contributed by atoms with E-state index in [9.17, 15) is 14.4 Å². The molecular formula is C22H25N3O5. The number of aryl methyl sites for hydroxylation is 2. The molecule has 0 aliphatic carbocycles. The number of esters is 2. The summed E-state index contributed by atoms with van der Waals surface area (Å²) in [5.74, 6) is -1.12. The number of hydrogen-bond donors (Lipinski definition) is 2. The van der Waals surface area contributed by atoms with Gasteiger partial charge in [-0.05, 0) is 64.1 Å². The van der Waals surface area contributed by atoms with Gasteiger partial charge in [0.25, 0.3) is 0 Å². The number of carbonyl (C=O) groups is 3. The van der Waals surface area contributed by atoms with E-state index in [1.54, 1.807) is 26.0 Å². The Labute approximate surface area is 174 Å². The van der Waals surface area contributed by atoms with Gasteiger partial charge in [-0.15, -0.1) is 0 Å². The van der Waals surface area contributed by atoms with Crippen LogP contribution in [0.3, 0.4) is 0 Å². The lowest BCUT2D eigenvalue weighted by Crippen LogP contribution is -2.50. The van der Waals surface area contributed by atoms with Crippen LogP contribution in [0.1, 0.15) is 35.6 Å². The lowest BCUT2D eigenvalue weighted by Gasteiger charge is -2.26. The average Bonchev–Trinajstić information content (AvgIpc) is 3.04. The minimum atomic E-state index is -0.564. The molecule has 3 rings (SSSR count). The van der Waals surface area contributed by atoms with E-state index in [0.29, 0.717) is 5.56 Å². The third kappa shape index (κ3) is 4.37. The van der Waals surface area contributed by atoms with Gasteiger partial charge in [0.15, 0.2) is 0 Å². The SMILES string of the molecule is CCOC(=O)C1=C(COC(=O)c2ccc(-n3c(C)ccc3C)cc2)NC(=O)NC1C. The van der Waals surface area contributed by atoms with Crippen LogP contribution in [0, 0.1) is 13.8 Å². The number of nitrogens with one attached hydrogen (secondary N) is 2. The fourth-order valence-electron chi connectivity index (χ4n) is 3.44. The molecule has 0 fully saturated rings. The molecule has 30 heavy (non-hydrogen) atoms. The molecule has 0 radical (unpaired) electrons. The number of amides is 2. The van der Waals surface area contributed by atoms with Crippen LogP contribution >= 0.6 is 0 Å². The Bertz CT molecular complexity index is 985. The molecule has 158 valence electrons. The van der Waals surface area contributed by atoms with Gasteiger partial charge in [-0.2, -0.15) is 0 Å². The summed E-state index contributed by atoms with van der Waals surface area (Å²) in [6.07, 6.45) is 0. The van der Waals surface area contributed by atoms with Crippen LogP contribution in [-0.4, -0.2) is 41.8 Å². The molecule has 0 spiro atoms. The smallest absolute Gasteiger partial charge is 0.338 e. The molecule has 1 atom stereocenters. The lowest BCUT2D eigenvalue weighted by molar-refractivity contribution is -0.139. The van der Waals surface area contributed by atoms with Crippen LogP contribution in [0.5, 0.6) is 0 Å². The molecule has 1 aliphatic heterocycles. The van der Waals surface area contributed by atoms with Gasteiger partial charge >= 0.3 is 18.0 Å². The summed E-state index contributed by atoms with van der Waals surface area (Å²) in [5, 5.41) is 5.13. The summed E-state index contributed by atoms with van der Waals surface area (Å²) >= 11 is 0. The highest BCUT2D eigenvalue weighted by Gasteiger charge is 2.30. The quantitative estimate of drug-likeness (QED) is 0.712. The van der Waals surface area contributed by atoms with E-state index < -0.39 is 24.0 Å². The van der Waals surface area contributed by atoms with Crippen LogP contribution in [0.15, 0.2) is 47.7 Å². The zero-order chi connectivity index (χ0) is 21.8. The Morgan fingerprint density at radius 3 is 2.23 bits per heavy atom. The minimum absolute atomic E-state index is 0.197. The van der Waals surface area contributed by atoms with Crippen LogP contribution in [-0.2, 0) is 14.3 Å². The molecule has 1 aromatic carbocycles. The molecule has 0 bridgehead atoms. The summed E-state index contributed by atoms with van der Waals surface area (Å²) in [7, 11) is 0. The van der Waals surface area contributed by atoms with Gasteiger partial charge in [0.2, 0.25) is 0 Å². The molecule has 0 saturated heterocycles. The third-order valence-electron chi connectivity index (χ3n) is 4.85. The van der Waals surface area contributed by atoms with Crippen molar-refractivity contribution in [1.29, 1.82) is 0 Å². The zero-order valence-corrected chi connectivity index (χ0v) is 17.4. The Hall–Kier alpha value is -3.55. The Morgan fingerprint density at radius 2 is 1.63 bits per heavy atom. The van der Waals surface area contributed by atoms with Gasteiger partial charge in [0.1, 0.15) is 6.61 Å². The first-order valence-electron chi connectivity index (χ1n) is 9.72. The molecule has 2 amide bonds. The van der Waals surface area contributed by atoms with Gasteiger partial charge in [0, 0.05) is 17.1 Å². The summed E-state index contributed by atoms with van der Waals surface area (Å²) in [6, 6.07) is 10.1. The van der Waals surface area contributed by atoms with E-state index in [4.69, 9.17) is 9.47 Å². The maximum atomic E-state index is 12.5. The van der Waals surface area contributed by atoms with Crippen molar-refractivity contribution in [2.45, 2.75) is 33.7 Å². The summed E-state index contributed by atoms with van der Waals surface area (Å²) in [6.45, 7) is 7.33. The number of benzene rings is 1. The molecule has 0 saturated carbocycles. The standard InChI is InChI=1S/C22H25N3O5/c1-5-29-21(27)19-15(4)23-22(28)24-18(19)12-30-20(26)16-8-10-17(11-9-16)25-13(2)6-7-14(25)3/h6-11,15H,5,12H2,1-4H3,(H2,23,24,28). The van der Waals surface area contributed by atoms with Crippen molar-refractivity contribution in [2.24, 2.45) is 0 Å². The molecule has 2 heterocycles. The predicted molar refractivity (Wildman–Crippen MR) is 110 cm³/mol. The molecule has 2 N–H and O–H groups in total. The normalized spacial score (nSPS) is 16.0. The molecule has 8 heteroatoms. The first kappa shape index (κ1) is 21.2. The number of ether oxygens (including phenoxy) is 2. The fraction of sp³-hybridized carbons (Fsp3) is 0.318. The van der Waals surface area contributed by atoms with E-state index in [1.165, 1.54) is 0 Å². The average molecular weight is 411 g/mol. The highest BCUT2D eigenvalue weighted by atomic mass is 16.5. The Morgan fingerprint density at radius 1 is 1.00 bits per heavy atom. The predicted octanol–water partition coefficient (Wildman–Crippen LogP) is 2.77. The van der Waals surface area contributed by atoms with E-state index in [-0.39, 0.29) is 24.5 Å². The van der Waals surface area contributed by atoms with Gasteiger partial charge in [-0.25, -0.2) is 14.4 Å². The molecule has 1 aliphatic rings. The summed E-state index contributed by atoms with van der Waals surface area (Å²) < 4.78 is 12.5. The first-order chi connectivity index (χ1) is 14.3.